The van der Waals surface area contributed by atoms with Gasteiger partial charge in [0, 0.05) is 75.9 Å². The normalized spacial score (nSPS) is 56.4. The maximum absolute atomic E-state index is 12.9. The molecular formula is C62H104N4O5. The highest BCUT2D eigenvalue weighted by atomic mass is 16.7. The lowest BCUT2D eigenvalue weighted by molar-refractivity contribution is -0.273. The van der Waals surface area contributed by atoms with Gasteiger partial charge in [0.25, 0.3) is 0 Å². The number of hydrogen-bond acceptors (Lipinski definition) is 8. The lowest BCUT2D eigenvalue weighted by Gasteiger charge is -2.61. The van der Waals surface area contributed by atoms with E-state index in [1.54, 1.807) is 0 Å². The maximum atomic E-state index is 12.9. The molecule has 13 aliphatic rings. The second-order valence-corrected chi connectivity index (χ2v) is 29.8. The molecule has 0 aromatic heterocycles. The number of carbonyl (C=O) groups is 1. The molecule has 0 bridgehead atoms. The Labute approximate surface area is 432 Å². The van der Waals surface area contributed by atoms with Gasteiger partial charge < -0.3 is 39.8 Å². The van der Waals surface area contributed by atoms with Crippen molar-refractivity contribution in [2.45, 2.75) is 226 Å². The fourth-order valence-corrected chi connectivity index (χ4v) is 22.3. The second kappa shape index (κ2) is 18.7. The average molecular weight is 986 g/mol. The molecule has 0 radical (unpaired) electrons. The van der Waals surface area contributed by atoms with Crippen LogP contribution in [0.25, 0.3) is 0 Å². The van der Waals surface area contributed by atoms with Crippen LogP contribution in [0.1, 0.15) is 190 Å². The third kappa shape index (κ3) is 8.28. The van der Waals surface area contributed by atoms with E-state index in [1.165, 1.54) is 116 Å². The van der Waals surface area contributed by atoms with Gasteiger partial charge in [-0.3, -0.25) is 4.79 Å². The summed E-state index contributed by atoms with van der Waals surface area (Å²) >= 11 is 0. The van der Waals surface area contributed by atoms with Gasteiger partial charge in [-0.1, -0.05) is 55.4 Å². The van der Waals surface area contributed by atoms with E-state index in [0.29, 0.717) is 87.9 Å². The van der Waals surface area contributed by atoms with Gasteiger partial charge in [-0.25, -0.2) is 0 Å². The summed E-state index contributed by atoms with van der Waals surface area (Å²) in [6, 6.07) is 0.843. The molecule has 5 saturated heterocycles. The van der Waals surface area contributed by atoms with Gasteiger partial charge in [-0.15, -0.1) is 0 Å². The summed E-state index contributed by atoms with van der Waals surface area (Å²) < 4.78 is 26.9. The standard InChI is InChI=1S/C35H59N3O3.C27H45NO2/c1-23-8-14-35(40-22-23)24(2)32-30(41-35)21-29-27-7-6-25-20-26(9-12-33(25,3)28(27)10-13-34(29,32)4)36-31(39)11-15-38-18-16-37(5)17-19-38;1-16-7-12-27(29-15-16)17(2)24-23(30-27)14-22-20-6-5-18-13-19(28)8-10-25(18,3)21(20)9-11-26(22,24)4/h23-30,32H,6-22H2,1-5H3,(H,36,39);16-24H,5-15,28H2,1-4H3/t23-,24-,25+,26-,27+,28-,29-,30-,32-,33-,34-,35+;16-,17-,18+,19-,20+,21-,22-,23-,24-,25-,26-,27+/m00/s1. The van der Waals surface area contributed by atoms with Crippen LogP contribution in [0.5, 0.6) is 0 Å². The predicted molar refractivity (Wildman–Crippen MR) is 282 cm³/mol. The van der Waals surface area contributed by atoms with E-state index in [4.69, 9.17) is 24.7 Å². The Morgan fingerprint density at radius 3 is 1.56 bits per heavy atom. The van der Waals surface area contributed by atoms with Crippen molar-refractivity contribution in [3.8, 4) is 0 Å². The summed E-state index contributed by atoms with van der Waals surface area (Å²) in [7, 11) is 2.19. The number of fused-ring (bicyclic) bond motifs is 14. The quantitative estimate of drug-likeness (QED) is 0.287. The number of nitrogens with zero attached hydrogens (tertiary/aromatic N) is 2. The zero-order chi connectivity index (χ0) is 49.5. The zero-order valence-electron chi connectivity index (χ0n) is 46.7. The number of likely N-dealkylation sites (N-methyl/N-ethyl adjacent to an activating group) is 1. The highest BCUT2D eigenvalue weighted by Crippen LogP contribution is 2.73. The van der Waals surface area contributed by atoms with E-state index in [-0.39, 0.29) is 17.5 Å². The number of piperazine rings is 1. The molecule has 13 fully saturated rings. The van der Waals surface area contributed by atoms with Crippen LogP contribution in [0.15, 0.2) is 0 Å². The van der Waals surface area contributed by atoms with Crippen LogP contribution in [0.3, 0.4) is 0 Å². The van der Waals surface area contributed by atoms with Crippen LogP contribution in [0, 0.1) is 105 Å². The minimum atomic E-state index is -0.302. The van der Waals surface area contributed by atoms with Gasteiger partial charge in [0.15, 0.2) is 11.6 Å². The molecule has 2 spiro atoms. The first-order chi connectivity index (χ1) is 33.9. The third-order valence-corrected chi connectivity index (χ3v) is 26.5. The highest BCUT2D eigenvalue weighted by Gasteiger charge is 2.71. The van der Waals surface area contributed by atoms with Crippen molar-refractivity contribution in [2.24, 2.45) is 110 Å². The minimum absolute atomic E-state index is 0.268. The van der Waals surface area contributed by atoms with Gasteiger partial charge in [0.05, 0.1) is 25.4 Å². The molecule has 0 unspecified atom stereocenters. The fraction of sp³-hybridized carbons (Fsp3) is 0.984. The lowest BCUT2D eigenvalue weighted by Crippen LogP contribution is -2.56. The van der Waals surface area contributed by atoms with Crippen LogP contribution in [-0.4, -0.2) is 105 Å². The second-order valence-electron chi connectivity index (χ2n) is 29.8. The number of ether oxygens (including phenoxy) is 4. The summed E-state index contributed by atoms with van der Waals surface area (Å²) in [4.78, 5) is 17.8. The van der Waals surface area contributed by atoms with Crippen LogP contribution in [-0.2, 0) is 23.7 Å². The Balaban J connectivity index is 0.000000153. The largest absolute Gasteiger partial charge is 0.353 e. The van der Waals surface area contributed by atoms with Crippen molar-refractivity contribution in [1.29, 1.82) is 0 Å². The topological polar surface area (TPSA) is 98.5 Å². The van der Waals surface area contributed by atoms with Crippen molar-refractivity contribution >= 4 is 5.91 Å². The molecule has 9 heteroatoms. The van der Waals surface area contributed by atoms with E-state index in [1.807, 2.05) is 0 Å². The molecular weight excluding hydrogens is 881 g/mol. The van der Waals surface area contributed by atoms with Crippen molar-refractivity contribution < 1.29 is 23.7 Å². The number of hydrogen-bond donors (Lipinski definition) is 2. The van der Waals surface area contributed by atoms with Gasteiger partial charge in [-0.05, 0) is 215 Å². The molecule has 3 N–H and O–H groups in total. The molecule has 0 aromatic rings. The summed E-state index contributed by atoms with van der Waals surface area (Å²) in [5, 5.41) is 3.49. The first kappa shape index (κ1) is 51.0. The zero-order valence-corrected chi connectivity index (χ0v) is 46.7. The number of nitrogens with one attached hydrogen (secondary N) is 1. The SMILES string of the molecule is C[C@H]1CC[C@@]2(OC1)O[C@H]1C[C@H]3[C@@H]4CC[C@@H]5C[C@@H](N)CC[C@]5(C)[C@H]4CC[C@]3(C)[C@H]1[C@@H]2C.C[C@H]1CC[C@@]2(OC1)O[C@H]1C[C@H]3[C@@H]4CC[C@@H]5C[C@@H](NC(=O)CCN6CCN(C)CC6)CC[C@]5(C)[C@H]4CC[C@]3(C)[C@H]1[C@@H]2C. The highest BCUT2D eigenvalue weighted by molar-refractivity contribution is 5.76. The van der Waals surface area contributed by atoms with E-state index >= 15 is 0 Å². The molecule has 1 amide bonds. The van der Waals surface area contributed by atoms with E-state index in [9.17, 15) is 4.79 Å². The molecule has 5 aliphatic heterocycles. The van der Waals surface area contributed by atoms with Gasteiger partial charge in [0.1, 0.15) is 0 Å². The van der Waals surface area contributed by atoms with Crippen molar-refractivity contribution in [3.63, 3.8) is 0 Å². The third-order valence-electron chi connectivity index (χ3n) is 26.5. The smallest absolute Gasteiger partial charge is 0.221 e. The molecule has 13 rings (SSSR count). The Hall–Kier alpha value is -0.810. The van der Waals surface area contributed by atoms with E-state index < -0.39 is 0 Å². The Bertz CT molecular complexity index is 1930. The molecule has 24 atom stereocenters. The average Bonchev–Trinajstić information content (AvgIpc) is 4.01. The van der Waals surface area contributed by atoms with Gasteiger partial charge >= 0.3 is 0 Å². The monoisotopic (exact) mass is 985 g/mol. The Morgan fingerprint density at radius 1 is 0.563 bits per heavy atom. The van der Waals surface area contributed by atoms with Crippen LogP contribution in [0.2, 0.25) is 0 Å². The summed E-state index contributed by atoms with van der Waals surface area (Å²) in [6.07, 6.45) is 27.6. The van der Waals surface area contributed by atoms with Crippen LogP contribution in [0.4, 0.5) is 0 Å². The summed E-state index contributed by atoms with van der Waals surface area (Å²) in [5.41, 5.74) is 8.25. The molecule has 9 nitrogen and oxygen atoms in total. The molecule has 8 aliphatic carbocycles. The summed E-state index contributed by atoms with van der Waals surface area (Å²) in [6.45, 7) is 27.3. The lowest BCUT2D eigenvalue weighted by atomic mass is 9.44. The van der Waals surface area contributed by atoms with Gasteiger partial charge in [-0.2, -0.15) is 0 Å². The first-order valence-corrected chi connectivity index (χ1v) is 31.0. The number of nitrogens with two attached hydrogens (primary N) is 1. The number of rotatable bonds is 4. The minimum Gasteiger partial charge on any atom is -0.353 e. The molecule has 0 aromatic carbocycles. The maximum Gasteiger partial charge on any atom is 0.221 e. The van der Waals surface area contributed by atoms with Crippen molar-refractivity contribution in [2.75, 3.05) is 53.0 Å². The molecule has 71 heavy (non-hydrogen) atoms. The number of carbonyl (C=O) groups excluding carboxylic acids is 1. The van der Waals surface area contributed by atoms with Crippen LogP contribution < -0.4 is 11.1 Å². The molecule has 402 valence electrons. The molecule has 8 saturated carbocycles. The Morgan fingerprint density at radius 2 is 1.06 bits per heavy atom. The van der Waals surface area contributed by atoms with Crippen molar-refractivity contribution in [1.82, 2.24) is 15.1 Å². The summed E-state index contributed by atoms with van der Waals surface area (Å²) in [5.74, 6) is 10.3. The first-order valence-electron chi connectivity index (χ1n) is 31.0. The van der Waals surface area contributed by atoms with Gasteiger partial charge in [0.2, 0.25) is 5.91 Å². The van der Waals surface area contributed by atoms with E-state index in [2.05, 4.69) is 77.6 Å². The fourth-order valence-electron chi connectivity index (χ4n) is 22.3. The van der Waals surface area contributed by atoms with Crippen LogP contribution >= 0.6 is 0 Å². The Kier molecular flexibility index (Phi) is 13.4. The predicted octanol–water partition coefficient (Wildman–Crippen LogP) is 11.3. The molecule has 5 heterocycles. The number of amides is 1. The van der Waals surface area contributed by atoms with E-state index in [0.717, 1.165) is 106 Å². The van der Waals surface area contributed by atoms with Crippen molar-refractivity contribution in [3.05, 3.63) is 0 Å².